The number of methoxy groups -OCH3 is 1. The van der Waals surface area contributed by atoms with E-state index in [-0.39, 0.29) is 12.1 Å². The molecule has 1 saturated heterocycles. The largest absolute Gasteiger partial charge is 0.490 e. The normalized spacial score (nSPS) is 18.7. The highest BCUT2D eigenvalue weighted by Crippen LogP contribution is 2.43. The van der Waals surface area contributed by atoms with Crippen LogP contribution in [0.4, 0.5) is 5.69 Å². The average molecular weight is 430 g/mol. The third-order valence-corrected chi connectivity index (χ3v) is 5.28. The van der Waals surface area contributed by atoms with Crippen LogP contribution in [0, 0.1) is 0 Å². The highest BCUT2D eigenvalue weighted by molar-refractivity contribution is 7.80. The Kier molecular flexibility index (Phi) is 5.99. The second kappa shape index (κ2) is 8.82. The van der Waals surface area contributed by atoms with Crippen LogP contribution < -0.4 is 15.0 Å². The number of anilines is 1. The SMILES string of the molecule is COCCOc1ccc(N2C(=S)N[C@H](c3ccccn3)[C@H]2c2ccco2)cc1Cl. The van der Waals surface area contributed by atoms with Gasteiger partial charge in [0.25, 0.3) is 0 Å². The van der Waals surface area contributed by atoms with Gasteiger partial charge in [0.05, 0.1) is 29.6 Å². The number of hydrogen-bond acceptors (Lipinski definition) is 5. The van der Waals surface area contributed by atoms with E-state index in [4.69, 9.17) is 37.7 Å². The van der Waals surface area contributed by atoms with Crippen molar-refractivity contribution in [2.45, 2.75) is 12.1 Å². The standard InChI is InChI=1S/C21H20ClN3O3S/c1-26-11-12-28-17-8-7-14(13-15(17)22)25-20(18-6-4-10-27-18)19(24-21(25)29)16-5-2-3-9-23-16/h2-10,13,19-20H,11-12H2,1H3,(H,24,29)/t19-,20-/m1/s1. The number of pyridine rings is 1. The number of nitrogens with zero attached hydrogens (tertiary/aromatic N) is 2. The molecular weight excluding hydrogens is 410 g/mol. The lowest BCUT2D eigenvalue weighted by Crippen LogP contribution is -2.29. The summed E-state index contributed by atoms with van der Waals surface area (Å²) >= 11 is 12.1. The van der Waals surface area contributed by atoms with Crippen molar-refractivity contribution in [3.05, 3.63) is 77.5 Å². The van der Waals surface area contributed by atoms with Gasteiger partial charge in [0.2, 0.25) is 0 Å². The molecule has 1 aliphatic rings. The summed E-state index contributed by atoms with van der Waals surface area (Å²) in [4.78, 5) is 6.51. The van der Waals surface area contributed by atoms with Crippen LogP contribution in [0.25, 0.3) is 0 Å². The lowest BCUT2D eigenvalue weighted by atomic mass is 10.0. The fraction of sp³-hybridized carbons (Fsp3) is 0.238. The van der Waals surface area contributed by atoms with E-state index in [1.807, 2.05) is 53.4 Å². The molecule has 3 aromatic rings. The number of benzene rings is 1. The van der Waals surface area contributed by atoms with E-state index in [1.165, 1.54) is 0 Å². The predicted octanol–water partition coefficient (Wildman–Crippen LogP) is 4.53. The molecule has 4 rings (SSSR count). The third kappa shape index (κ3) is 4.07. The number of thiocarbonyl (C=S) groups is 1. The first-order chi connectivity index (χ1) is 14.2. The number of halogens is 1. The molecule has 0 radical (unpaired) electrons. The molecule has 0 aliphatic carbocycles. The molecule has 0 bridgehead atoms. The minimum absolute atomic E-state index is 0.161. The van der Waals surface area contributed by atoms with Crippen LogP contribution in [0.2, 0.25) is 5.02 Å². The van der Waals surface area contributed by atoms with Crippen LogP contribution in [0.15, 0.2) is 65.4 Å². The Morgan fingerprint density at radius 1 is 1.21 bits per heavy atom. The second-order valence-electron chi connectivity index (χ2n) is 6.47. The molecule has 1 N–H and O–H groups in total. The van der Waals surface area contributed by atoms with Gasteiger partial charge >= 0.3 is 0 Å². The van der Waals surface area contributed by atoms with Crippen molar-refractivity contribution in [3.8, 4) is 5.75 Å². The fourth-order valence-corrected chi connectivity index (χ4v) is 3.95. The quantitative estimate of drug-likeness (QED) is 0.437. The van der Waals surface area contributed by atoms with Gasteiger partial charge in [0, 0.05) is 19.0 Å². The van der Waals surface area contributed by atoms with Crippen molar-refractivity contribution >= 4 is 34.6 Å². The summed E-state index contributed by atoms with van der Waals surface area (Å²) in [6, 6.07) is 14.9. The van der Waals surface area contributed by atoms with E-state index in [2.05, 4.69) is 10.3 Å². The molecule has 1 aliphatic heterocycles. The minimum Gasteiger partial charge on any atom is -0.490 e. The summed E-state index contributed by atoms with van der Waals surface area (Å²) in [5, 5.41) is 4.45. The van der Waals surface area contributed by atoms with Gasteiger partial charge in [-0.3, -0.25) is 4.98 Å². The maximum absolute atomic E-state index is 6.47. The molecule has 150 valence electrons. The van der Waals surface area contributed by atoms with E-state index in [0.29, 0.717) is 29.1 Å². The summed E-state index contributed by atoms with van der Waals surface area (Å²) in [6.07, 6.45) is 3.43. The number of aromatic nitrogens is 1. The molecule has 2 atom stereocenters. The molecule has 8 heteroatoms. The Labute approximate surface area is 179 Å². The lowest BCUT2D eigenvalue weighted by Gasteiger charge is -2.26. The highest BCUT2D eigenvalue weighted by atomic mass is 35.5. The summed E-state index contributed by atoms with van der Waals surface area (Å²) in [5.74, 6) is 1.38. The number of rotatable bonds is 7. The maximum atomic E-state index is 6.47. The van der Waals surface area contributed by atoms with Gasteiger partial charge in [-0.25, -0.2) is 0 Å². The predicted molar refractivity (Wildman–Crippen MR) is 115 cm³/mol. The summed E-state index contributed by atoms with van der Waals surface area (Å²) < 4.78 is 16.4. The van der Waals surface area contributed by atoms with Crippen LogP contribution in [-0.4, -0.2) is 30.4 Å². The van der Waals surface area contributed by atoms with Crippen LogP contribution in [-0.2, 0) is 4.74 Å². The zero-order valence-electron chi connectivity index (χ0n) is 15.7. The van der Waals surface area contributed by atoms with E-state index in [0.717, 1.165) is 17.1 Å². The Hall–Kier alpha value is -2.61. The Balaban J connectivity index is 1.68. The van der Waals surface area contributed by atoms with E-state index >= 15 is 0 Å². The highest BCUT2D eigenvalue weighted by Gasteiger charge is 2.42. The van der Waals surface area contributed by atoms with Crippen molar-refractivity contribution in [2.75, 3.05) is 25.2 Å². The Morgan fingerprint density at radius 3 is 2.79 bits per heavy atom. The van der Waals surface area contributed by atoms with Crippen molar-refractivity contribution < 1.29 is 13.9 Å². The lowest BCUT2D eigenvalue weighted by molar-refractivity contribution is 0.146. The molecule has 1 aromatic carbocycles. The monoisotopic (exact) mass is 429 g/mol. The number of furan rings is 1. The molecule has 1 fully saturated rings. The average Bonchev–Trinajstić information content (AvgIpc) is 3.37. The van der Waals surface area contributed by atoms with Crippen molar-refractivity contribution in [1.82, 2.24) is 10.3 Å². The van der Waals surface area contributed by atoms with Crippen LogP contribution in [0.3, 0.4) is 0 Å². The van der Waals surface area contributed by atoms with Crippen molar-refractivity contribution in [3.63, 3.8) is 0 Å². The zero-order chi connectivity index (χ0) is 20.2. The molecule has 6 nitrogen and oxygen atoms in total. The van der Waals surface area contributed by atoms with Gasteiger partial charge in [-0.15, -0.1) is 0 Å². The first-order valence-corrected chi connectivity index (χ1v) is 9.93. The van der Waals surface area contributed by atoms with Gasteiger partial charge in [0.15, 0.2) is 5.11 Å². The van der Waals surface area contributed by atoms with Crippen molar-refractivity contribution in [2.24, 2.45) is 0 Å². The third-order valence-electron chi connectivity index (χ3n) is 4.67. The van der Waals surface area contributed by atoms with E-state index in [9.17, 15) is 0 Å². The number of ether oxygens (including phenoxy) is 2. The first-order valence-electron chi connectivity index (χ1n) is 9.14. The molecular formula is C21H20ClN3O3S. The molecule has 0 amide bonds. The molecule has 29 heavy (non-hydrogen) atoms. The van der Waals surface area contributed by atoms with Gasteiger partial charge in [0.1, 0.15) is 24.2 Å². The molecule has 2 aromatic heterocycles. The van der Waals surface area contributed by atoms with Crippen LogP contribution in [0.5, 0.6) is 5.75 Å². The number of hydrogen-bond donors (Lipinski definition) is 1. The van der Waals surface area contributed by atoms with Crippen LogP contribution in [0.1, 0.15) is 23.5 Å². The fourth-order valence-electron chi connectivity index (χ4n) is 3.37. The van der Waals surface area contributed by atoms with Gasteiger partial charge in [-0.05, 0) is 54.7 Å². The summed E-state index contributed by atoms with van der Waals surface area (Å²) in [7, 11) is 1.63. The molecule has 3 heterocycles. The first kappa shape index (κ1) is 19.7. The maximum Gasteiger partial charge on any atom is 0.174 e. The smallest absolute Gasteiger partial charge is 0.174 e. The van der Waals surface area contributed by atoms with Crippen molar-refractivity contribution in [1.29, 1.82) is 0 Å². The molecule has 0 spiro atoms. The zero-order valence-corrected chi connectivity index (χ0v) is 17.3. The Morgan fingerprint density at radius 2 is 2.10 bits per heavy atom. The van der Waals surface area contributed by atoms with Gasteiger partial charge in [-0.2, -0.15) is 0 Å². The van der Waals surface area contributed by atoms with Gasteiger partial charge in [-0.1, -0.05) is 17.7 Å². The van der Waals surface area contributed by atoms with E-state index in [1.54, 1.807) is 19.6 Å². The molecule has 0 saturated carbocycles. The molecule has 0 unspecified atom stereocenters. The van der Waals surface area contributed by atoms with Gasteiger partial charge < -0.3 is 24.1 Å². The number of nitrogens with one attached hydrogen (secondary N) is 1. The topological polar surface area (TPSA) is 59.8 Å². The minimum atomic E-state index is -0.205. The summed E-state index contributed by atoms with van der Waals surface area (Å²) in [5.41, 5.74) is 1.72. The van der Waals surface area contributed by atoms with E-state index < -0.39 is 0 Å². The Bertz CT molecular complexity index is 969. The van der Waals surface area contributed by atoms with Crippen LogP contribution >= 0.6 is 23.8 Å². The summed E-state index contributed by atoms with van der Waals surface area (Å²) in [6.45, 7) is 0.917. The second-order valence-corrected chi connectivity index (χ2v) is 7.26.